The summed E-state index contributed by atoms with van der Waals surface area (Å²) >= 11 is 9.43. The fourth-order valence-electron chi connectivity index (χ4n) is 2.56. The van der Waals surface area contributed by atoms with E-state index in [1.54, 1.807) is 48.7 Å². The van der Waals surface area contributed by atoms with Gasteiger partial charge in [0.1, 0.15) is 5.82 Å². The molecule has 1 N–H and O–H groups in total. The number of anilines is 1. The van der Waals surface area contributed by atoms with Gasteiger partial charge in [0.15, 0.2) is 5.65 Å². The van der Waals surface area contributed by atoms with Crippen molar-refractivity contribution >= 4 is 49.0 Å². The highest BCUT2D eigenvalue weighted by molar-refractivity contribution is 9.10. The molecular weight excluding hydrogens is 402 g/mol. The second-order valence-electron chi connectivity index (χ2n) is 5.17. The fraction of sp³-hybridized carbons (Fsp3) is 0.133. The molecule has 2 heterocycles. The first-order valence-corrected chi connectivity index (χ1v) is 9.36. The van der Waals surface area contributed by atoms with Crippen LogP contribution in [0.15, 0.2) is 46.0 Å². The normalized spacial score (nSPS) is 11.8. The van der Waals surface area contributed by atoms with Gasteiger partial charge in [0.05, 0.1) is 16.1 Å². The van der Waals surface area contributed by atoms with Crippen LogP contribution in [-0.4, -0.2) is 17.8 Å². The lowest BCUT2D eigenvalue weighted by Gasteiger charge is -2.13. The molecule has 0 saturated carbocycles. The number of hydrogen-bond acceptors (Lipinski definition) is 3. The van der Waals surface area contributed by atoms with Gasteiger partial charge in [-0.25, -0.2) is 13.4 Å². The lowest BCUT2D eigenvalue weighted by atomic mass is 10.2. The van der Waals surface area contributed by atoms with E-state index in [0.717, 1.165) is 4.47 Å². The number of imidazole rings is 1. The third-order valence-electron chi connectivity index (χ3n) is 3.42. The highest BCUT2D eigenvalue weighted by atomic mass is 79.9. The molecule has 0 aliphatic rings. The third kappa shape index (κ3) is 2.96. The number of nitrogens with one attached hydrogen (secondary N) is 1. The molecule has 0 aliphatic heterocycles. The summed E-state index contributed by atoms with van der Waals surface area (Å²) in [6, 6.07) is 6.97. The van der Waals surface area contributed by atoms with Crippen molar-refractivity contribution in [2.45, 2.75) is 18.7 Å². The average molecular weight is 415 g/mol. The van der Waals surface area contributed by atoms with E-state index in [2.05, 4.69) is 25.6 Å². The highest BCUT2D eigenvalue weighted by Gasteiger charge is 2.21. The Kier molecular flexibility index (Phi) is 4.12. The minimum Gasteiger partial charge on any atom is -0.284 e. The van der Waals surface area contributed by atoms with Crippen molar-refractivity contribution in [1.29, 1.82) is 0 Å². The summed E-state index contributed by atoms with van der Waals surface area (Å²) in [6.45, 7) is 3.52. The Balaban J connectivity index is 2.10. The molecule has 1 aromatic carbocycles. The molecule has 8 heteroatoms. The number of aromatic nitrogens is 2. The Bertz CT molecular complexity index is 992. The molecule has 3 aromatic rings. The number of sulfonamides is 1. The minimum absolute atomic E-state index is 0.262. The van der Waals surface area contributed by atoms with Crippen LogP contribution in [0.25, 0.3) is 5.65 Å². The molecule has 2 aromatic heterocycles. The molecule has 0 unspecified atom stereocenters. The van der Waals surface area contributed by atoms with Gasteiger partial charge in [-0.2, -0.15) is 0 Å². The molecule has 0 radical (unpaired) electrons. The zero-order valence-corrected chi connectivity index (χ0v) is 15.5. The van der Waals surface area contributed by atoms with E-state index in [9.17, 15) is 8.42 Å². The smallest absolute Gasteiger partial charge is 0.263 e. The summed E-state index contributed by atoms with van der Waals surface area (Å²) in [4.78, 5) is 4.41. The first-order chi connectivity index (χ1) is 10.8. The van der Waals surface area contributed by atoms with Gasteiger partial charge in [-0.15, -0.1) is 0 Å². The maximum absolute atomic E-state index is 12.8. The maximum Gasteiger partial charge on any atom is 0.263 e. The van der Waals surface area contributed by atoms with Crippen LogP contribution in [-0.2, 0) is 10.0 Å². The molecule has 0 spiro atoms. The van der Waals surface area contributed by atoms with Gasteiger partial charge in [-0.1, -0.05) is 27.5 Å². The van der Waals surface area contributed by atoms with Gasteiger partial charge in [-0.3, -0.25) is 9.12 Å². The van der Waals surface area contributed by atoms with Crippen LogP contribution in [0.5, 0.6) is 0 Å². The van der Waals surface area contributed by atoms with E-state index < -0.39 is 10.0 Å². The Morgan fingerprint density at radius 1 is 1.26 bits per heavy atom. The number of rotatable bonds is 3. The van der Waals surface area contributed by atoms with E-state index in [4.69, 9.17) is 11.6 Å². The average Bonchev–Trinajstić information content (AvgIpc) is 2.81. The Labute approximate surface area is 147 Å². The standard InChI is InChI=1S/C15H13BrClN3O2S/c1-9-6-11(16)7-10(2)14(9)23(21,22)19-13-8-18-15-12(17)4-3-5-20(13)15/h3-8,19H,1-2H3. The van der Waals surface area contributed by atoms with E-state index in [1.165, 1.54) is 6.20 Å². The SMILES string of the molecule is Cc1cc(Br)cc(C)c1S(=O)(=O)Nc1cnc2c(Cl)cccn12. The van der Waals surface area contributed by atoms with Crippen molar-refractivity contribution in [3.63, 3.8) is 0 Å². The summed E-state index contributed by atoms with van der Waals surface area (Å²) in [5, 5.41) is 0.453. The number of fused-ring (bicyclic) bond motifs is 1. The summed E-state index contributed by atoms with van der Waals surface area (Å²) in [6.07, 6.45) is 3.15. The molecule has 120 valence electrons. The lowest BCUT2D eigenvalue weighted by molar-refractivity contribution is 0.599. The third-order valence-corrected chi connectivity index (χ3v) is 5.83. The molecule has 5 nitrogen and oxygen atoms in total. The molecular formula is C15H13BrClN3O2S. The zero-order chi connectivity index (χ0) is 16.8. The second kappa shape index (κ2) is 5.81. The van der Waals surface area contributed by atoms with Crippen molar-refractivity contribution in [1.82, 2.24) is 9.38 Å². The number of hydrogen-bond donors (Lipinski definition) is 1. The number of halogens is 2. The summed E-state index contributed by atoms with van der Waals surface area (Å²) < 4.78 is 30.6. The van der Waals surface area contributed by atoms with Crippen molar-refractivity contribution in [3.8, 4) is 0 Å². The van der Waals surface area contributed by atoms with Crippen LogP contribution < -0.4 is 4.72 Å². The number of nitrogens with zero attached hydrogens (tertiary/aromatic N) is 2. The van der Waals surface area contributed by atoms with Crippen LogP contribution in [0.2, 0.25) is 5.02 Å². The summed E-state index contributed by atoms with van der Waals surface area (Å²) in [7, 11) is -3.74. The zero-order valence-electron chi connectivity index (χ0n) is 12.3. The van der Waals surface area contributed by atoms with E-state index >= 15 is 0 Å². The molecule has 0 atom stereocenters. The molecule has 0 bridgehead atoms. The quantitative estimate of drug-likeness (QED) is 0.699. The predicted molar refractivity (Wildman–Crippen MR) is 94.6 cm³/mol. The van der Waals surface area contributed by atoms with E-state index in [-0.39, 0.29) is 4.90 Å². The first kappa shape index (κ1) is 16.3. The Morgan fingerprint density at radius 2 is 1.91 bits per heavy atom. The van der Waals surface area contributed by atoms with Crippen LogP contribution in [0.1, 0.15) is 11.1 Å². The van der Waals surface area contributed by atoms with E-state index in [0.29, 0.717) is 27.6 Å². The molecule has 3 rings (SSSR count). The number of pyridine rings is 1. The summed E-state index contributed by atoms with van der Waals surface area (Å²) in [5.74, 6) is 0.337. The van der Waals surface area contributed by atoms with Crippen molar-refractivity contribution in [3.05, 3.63) is 57.3 Å². The fourth-order valence-corrected chi connectivity index (χ4v) is 4.96. The highest BCUT2D eigenvalue weighted by Crippen LogP contribution is 2.27. The van der Waals surface area contributed by atoms with Crippen LogP contribution >= 0.6 is 27.5 Å². The molecule has 23 heavy (non-hydrogen) atoms. The molecule has 0 aliphatic carbocycles. The van der Waals surface area contributed by atoms with Gasteiger partial charge >= 0.3 is 0 Å². The van der Waals surface area contributed by atoms with Gasteiger partial charge in [0.2, 0.25) is 0 Å². The number of aryl methyl sites for hydroxylation is 2. The Hall–Kier alpha value is -1.57. The van der Waals surface area contributed by atoms with Gasteiger partial charge in [-0.05, 0) is 49.2 Å². The lowest BCUT2D eigenvalue weighted by Crippen LogP contribution is -2.16. The van der Waals surface area contributed by atoms with Gasteiger partial charge in [0.25, 0.3) is 10.0 Å². The van der Waals surface area contributed by atoms with Crippen LogP contribution in [0, 0.1) is 13.8 Å². The minimum atomic E-state index is -3.74. The van der Waals surface area contributed by atoms with Crippen molar-refractivity contribution in [2.75, 3.05) is 4.72 Å². The van der Waals surface area contributed by atoms with E-state index in [1.807, 2.05) is 0 Å². The van der Waals surface area contributed by atoms with Crippen LogP contribution in [0.3, 0.4) is 0 Å². The molecule has 0 fully saturated rings. The molecule has 0 saturated heterocycles. The molecule has 0 amide bonds. The predicted octanol–water partition coefficient (Wildman–Crippen LogP) is 4.17. The van der Waals surface area contributed by atoms with Gasteiger partial charge < -0.3 is 0 Å². The summed E-state index contributed by atoms with van der Waals surface area (Å²) in [5.41, 5.74) is 1.82. The van der Waals surface area contributed by atoms with Crippen molar-refractivity contribution in [2.24, 2.45) is 0 Å². The monoisotopic (exact) mass is 413 g/mol. The van der Waals surface area contributed by atoms with Crippen molar-refractivity contribution < 1.29 is 8.42 Å². The first-order valence-electron chi connectivity index (χ1n) is 6.71. The maximum atomic E-state index is 12.8. The van der Waals surface area contributed by atoms with Gasteiger partial charge in [0, 0.05) is 10.7 Å². The second-order valence-corrected chi connectivity index (χ2v) is 8.11. The van der Waals surface area contributed by atoms with Crippen LogP contribution in [0.4, 0.5) is 5.82 Å². The Morgan fingerprint density at radius 3 is 2.57 bits per heavy atom. The largest absolute Gasteiger partial charge is 0.284 e. The number of benzene rings is 1. The topological polar surface area (TPSA) is 63.5 Å².